The second-order valence-electron chi connectivity index (χ2n) is 4.92. The van der Waals surface area contributed by atoms with Crippen molar-refractivity contribution in [3.05, 3.63) is 53.7 Å². The van der Waals surface area contributed by atoms with Crippen LogP contribution in [-0.2, 0) is 7.05 Å². The maximum Gasteiger partial charge on any atom is 0.155 e. The molecule has 0 aliphatic rings. The molecule has 3 rings (SSSR count). The third kappa shape index (κ3) is 2.32. The summed E-state index contributed by atoms with van der Waals surface area (Å²) in [6.07, 6.45) is 2.01. The van der Waals surface area contributed by atoms with Crippen molar-refractivity contribution < 1.29 is 4.74 Å². The van der Waals surface area contributed by atoms with Gasteiger partial charge in [-0.05, 0) is 49.2 Å². The number of benzene rings is 2. The monoisotopic (exact) mass is 252 g/mol. The van der Waals surface area contributed by atoms with E-state index in [1.807, 2.05) is 42.2 Å². The van der Waals surface area contributed by atoms with Crippen molar-refractivity contribution in [2.24, 2.45) is 7.05 Å². The van der Waals surface area contributed by atoms with E-state index in [1.165, 1.54) is 11.1 Å². The van der Waals surface area contributed by atoms with E-state index >= 15 is 0 Å². The van der Waals surface area contributed by atoms with Crippen LogP contribution in [0.3, 0.4) is 0 Å². The largest absolute Gasteiger partial charge is 0.455 e. The Hall–Kier alpha value is -2.29. The average molecular weight is 252 g/mol. The summed E-state index contributed by atoms with van der Waals surface area (Å²) < 4.78 is 7.80. The summed E-state index contributed by atoms with van der Waals surface area (Å²) in [5, 5.41) is 5.57. The Morgan fingerprint density at radius 2 is 1.89 bits per heavy atom. The fraction of sp³-hybridized carbons (Fsp3) is 0.188. The number of aromatic nitrogens is 2. The lowest BCUT2D eigenvalue weighted by Crippen LogP contribution is -1.89. The van der Waals surface area contributed by atoms with Crippen LogP contribution < -0.4 is 4.74 Å². The molecule has 0 fully saturated rings. The number of aryl methyl sites for hydroxylation is 3. The zero-order valence-corrected chi connectivity index (χ0v) is 11.3. The van der Waals surface area contributed by atoms with Gasteiger partial charge in [0.25, 0.3) is 0 Å². The summed E-state index contributed by atoms with van der Waals surface area (Å²) in [6, 6.07) is 12.2. The van der Waals surface area contributed by atoms with Crippen molar-refractivity contribution in [3.63, 3.8) is 0 Å². The number of hydrogen-bond acceptors (Lipinski definition) is 2. The number of rotatable bonds is 2. The van der Waals surface area contributed by atoms with Crippen molar-refractivity contribution in [3.8, 4) is 11.5 Å². The zero-order valence-electron chi connectivity index (χ0n) is 11.3. The molecule has 0 unspecified atom stereocenters. The van der Waals surface area contributed by atoms with Gasteiger partial charge in [0.05, 0.1) is 0 Å². The van der Waals surface area contributed by atoms with Gasteiger partial charge in [-0.1, -0.05) is 12.1 Å². The number of hydrogen-bond donors (Lipinski definition) is 0. The molecular formula is C16H16N2O. The lowest BCUT2D eigenvalue weighted by molar-refractivity contribution is 0.485. The average Bonchev–Trinajstić information content (AvgIpc) is 2.69. The molecule has 1 heterocycles. The second-order valence-corrected chi connectivity index (χ2v) is 4.92. The maximum absolute atomic E-state index is 5.99. The molecule has 0 N–H and O–H groups in total. The predicted molar refractivity (Wildman–Crippen MR) is 76.7 cm³/mol. The van der Waals surface area contributed by atoms with Gasteiger partial charge in [0.2, 0.25) is 0 Å². The minimum atomic E-state index is 0.807. The first-order valence-corrected chi connectivity index (χ1v) is 6.30. The lowest BCUT2D eigenvalue weighted by atomic mass is 10.1. The van der Waals surface area contributed by atoms with E-state index in [9.17, 15) is 0 Å². The molecular weight excluding hydrogens is 236 g/mol. The number of fused-ring (bicyclic) bond motifs is 1. The van der Waals surface area contributed by atoms with Gasteiger partial charge >= 0.3 is 0 Å². The summed E-state index contributed by atoms with van der Waals surface area (Å²) in [6.45, 7) is 4.12. The minimum Gasteiger partial charge on any atom is -0.455 e. The molecule has 0 amide bonds. The normalized spacial score (nSPS) is 10.9. The summed E-state index contributed by atoms with van der Waals surface area (Å²) in [5.41, 5.74) is 3.25. The van der Waals surface area contributed by atoms with Gasteiger partial charge in [0.15, 0.2) is 5.75 Å². The minimum absolute atomic E-state index is 0.807. The Morgan fingerprint density at radius 3 is 2.68 bits per heavy atom. The van der Waals surface area contributed by atoms with E-state index < -0.39 is 0 Å². The predicted octanol–water partition coefficient (Wildman–Crippen LogP) is 3.98. The molecule has 0 saturated carbocycles. The van der Waals surface area contributed by atoms with Gasteiger partial charge in [-0.3, -0.25) is 4.68 Å². The Bertz CT molecular complexity index is 744. The standard InChI is InChI=1S/C16H16N2O/c1-11-5-4-6-14(8-11)19-15-9-12(2)7-13-10-18(3)17-16(13)15/h4-10H,1-3H3. The van der Waals surface area contributed by atoms with E-state index in [1.54, 1.807) is 0 Å². The molecule has 3 heteroatoms. The fourth-order valence-corrected chi connectivity index (χ4v) is 2.25. The summed E-state index contributed by atoms with van der Waals surface area (Å²) in [5.74, 6) is 1.65. The quantitative estimate of drug-likeness (QED) is 0.689. The van der Waals surface area contributed by atoms with Crippen LogP contribution in [0.15, 0.2) is 42.6 Å². The maximum atomic E-state index is 5.99. The van der Waals surface area contributed by atoms with E-state index in [4.69, 9.17) is 4.74 Å². The van der Waals surface area contributed by atoms with E-state index in [0.717, 1.165) is 22.4 Å². The molecule has 3 aromatic rings. The van der Waals surface area contributed by atoms with Crippen LogP contribution >= 0.6 is 0 Å². The van der Waals surface area contributed by atoms with Crippen LogP contribution in [0.2, 0.25) is 0 Å². The Labute approximate surface area is 112 Å². The van der Waals surface area contributed by atoms with Crippen LogP contribution in [0.5, 0.6) is 11.5 Å². The molecule has 0 aliphatic heterocycles. The molecule has 0 atom stereocenters. The van der Waals surface area contributed by atoms with Crippen molar-refractivity contribution in [1.82, 2.24) is 9.78 Å². The number of ether oxygens (including phenoxy) is 1. The van der Waals surface area contributed by atoms with Crippen molar-refractivity contribution in [1.29, 1.82) is 0 Å². The van der Waals surface area contributed by atoms with Gasteiger partial charge in [0.1, 0.15) is 11.3 Å². The number of nitrogens with zero attached hydrogens (tertiary/aromatic N) is 2. The SMILES string of the molecule is Cc1cccc(Oc2cc(C)cc3cn(C)nc23)c1. The van der Waals surface area contributed by atoms with E-state index in [2.05, 4.69) is 31.1 Å². The lowest BCUT2D eigenvalue weighted by Gasteiger charge is -2.08. The Kier molecular flexibility index (Phi) is 2.75. The summed E-state index contributed by atoms with van der Waals surface area (Å²) in [4.78, 5) is 0. The van der Waals surface area contributed by atoms with Crippen LogP contribution in [0.25, 0.3) is 10.9 Å². The van der Waals surface area contributed by atoms with Gasteiger partial charge in [-0.15, -0.1) is 0 Å². The molecule has 0 bridgehead atoms. The molecule has 96 valence electrons. The van der Waals surface area contributed by atoms with E-state index in [0.29, 0.717) is 0 Å². The highest BCUT2D eigenvalue weighted by Gasteiger charge is 2.08. The van der Waals surface area contributed by atoms with Gasteiger partial charge in [-0.2, -0.15) is 5.10 Å². The van der Waals surface area contributed by atoms with Gasteiger partial charge < -0.3 is 4.74 Å². The van der Waals surface area contributed by atoms with Crippen LogP contribution in [0.1, 0.15) is 11.1 Å². The summed E-state index contributed by atoms with van der Waals surface area (Å²) >= 11 is 0. The van der Waals surface area contributed by atoms with Gasteiger partial charge in [0, 0.05) is 18.6 Å². The third-order valence-electron chi connectivity index (χ3n) is 3.05. The van der Waals surface area contributed by atoms with Crippen LogP contribution in [0, 0.1) is 13.8 Å². The Morgan fingerprint density at radius 1 is 1.05 bits per heavy atom. The fourth-order valence-electron chi connectivity index (χ4n) is 2.25. The van der Waals surface area contributed by atoms with Gasteiger partial charge in [-0.25, -0.2) is 0 Å². The highest BCUT2D eigenvalue weighted by Crippen LogP contribution is 2.30. The molecule has 1 aromatic heterocycles. The first kappa shape index (κ1) is 11.8. The molecule has 2 aromatic carbocycles. The molecule has 0 spiro atoms. The molecule has 0 saturated heterocycles. The van der Waals surface area contributed by atoms with Crippen molar-refractivity contribution >= 4 is 10.9 Å². The Balaban J connectivity index is 2.09. The summed E-state index contributed by atoms with van der Waals surface area (Å²) in [7, 11) is 1.92. The first-order valence-electron chi connectivity index (χ1n) is 6.30. The molecule has 19 heavy (non-hydrogen) atoms. The highest BCUT2D eigenvalue weighted by molar-refractivity contribution is 5.85. The smallest absolute Gasteiger partial charge is 0.155 e. The zero-order chi connectivity index (χ0) is 13.4. The van der Waals surface area contributed by atoms with Crippen molar-refractivity contribution in [2.45, 2.75) is 13.8 Å². The third-order valence-corrected chi connectivity index (χ3v) is 3.05. The van der Waals surface area contributed by atoms with E-state index in [-0.39, 0.29) is 0 Å². The van der Waals surface area contributed by atoms with Crippen molar-refractivity contribution in [2.75, 3.05) is 0 Å². The second kappa shape index (κ2) is 4.43. The van der Waals surface area contributed by atoms with Crippen LogP contribution in [0.4, 0.5) is 0 Å². The van der Waals surface area contributed by atoms with Crippen LogP contribution in [-0.4, -0.2) is 9.78 Å². The first-order chi connectivity index (χ1) is 9.11. The molecule has 0 radical (unpaired) electrons. The topological polar surface area (TPSA) is 27.1 Å². The molecule has 0 aliphatic carbocycles. The molecule has 3 nitrogen and oxygen atoms in total. The highest BCUT2D eigenvalue weighted by atomic mass is 16.5.